The molecule has 7 nitrogen and oxygen atoms in total. The molecule has 0 radical (unpaired) electrons. The van der Waals surface area contributed by atoms with Crippen LogP contribution in [0.4, 0.5) is 0 Å². The van der Waals surface area contributed by atoms with E-state index in [9.17, 15) is 4.79 Å². The van der Waals surface area contributed by atoms with Crippen LogP contribution >= 0.6 is 11.3 Å². The summed E-state index contributed by atoms with van der Waals surface area (Å²) in [4.78, 5) is 19.5. The van der Waals surface area contributed by atoms with E-state index in [1.807, 2.05) is 43.3 Å². The lowest BCUT2D eigenvalue weighted by molar-refractivity contribution is 0.0747. The van der Waals surface area contributed by atoms with Crippen LogP contribution in [0.25, 0.3) is 10.6 Å². The summed E-state index contributed by atoms with van der Waals surface area (Å²) in [6, 6.07) is 11.2. The molecular weight excluding hydrogens is 416 g/mol. The number of benzene rings is 2. The van der Waals surface area contributed by atoms with Crippen molar-refractivity contribution in [3.8, 4) is 33.6 Å². The zero-order valence-electron chi connectivity index (χ0n) is 18.3. The maximum absolute atomic E-state index is 13.1. The lowest BCUT2D eigenvalue weighted by Crippen LogP contribution is -2.30. The van der Waals surface area contributed by atoms with Crippen LogP contribution in [-0.2, 0) is 6.54 Å². The molecule has 31 heavy (non-hydrogen) atoms. The Morgan fingerprint density at radius 2 is 1.71 bits per heavy atom. The molecule has 0 saturated heterocycles. The SMILES string of the molecule is CCN(Cc1ccc(OC)c(OC)c1)C(=O)c1csc(-c2cccc(OC)c2OC)n1. The molecule has 2 aromatic carbocycles. The van der Waals surface area contributed by atoms with Crippen LogP contribution in [-0.4, -0.2) is 50.8 Å². The monoisotopic (exact) mass is 442 g/mol. The van der Waals surface area contributed by atoms with Crippen molar-refractivity contribution in [3.05, 3.63) is 53.0 Å². The Labute approximate surface area is 186 Å². The lowest BCUT2D eigenvalue weighted by atomic mass is 10.1. The molecule has 164 valence electrons. The number of carbonyl (C=O) groups is 1. The Hall–Kier alpha value is -3.26. The zero-order valence-corrected chi connectivity index (χ0v) is 19.1. The number of ether oxygens (including phenoxy) is 4. The molecule has 8 heteroatoms. The first-order valence-corrected chi connectivity index (χ1v) is 10.6. The van der Waals surface area contributed by atoms with E-state index in [1.54, 1.807) is 38.7 Å². The van der Waals surface area contributed by atoms with Crippen LogP contribution in [0.2, 0.25) is 0 Å². The molecule has 0 saturated carbocycles. The fourth-order valence-electron chi connectivity index (χ4n) is 3.24. The summed E-state index contributed by atoms with van der Waals surface area (Å²) in [5, 5.41) is 2.47. The number of methoxy groups -OCH3 is 4. The number of carbonyl (C=O) groups excluding carboxylic acids is 1. The Kier molecular flexibility index (Phi) is 7.36. The van der Waals surface area contributed by atoms with Crippen molar-refractivity contribution in [1.29, 1.82) is 0 Å². The van der Waals surface area contributed by atoms with Crippen LogP contribution in [0.5, 0.6) is 23.0 Å². The van der Waals surface area contributed by atoms with Crippen LogP contribution < -0.4 is 18.9 Å². The van der Waals surface area contributed by atoms with Crippen LogP contribution in [0.1, 0.15) is 23.0 Å². The van der Waals surface area contributed by atoms with E-state index in [2.05, 4.69) is 4.98 Å². The highest BCUT2D eigenvalue weighted by Gasteiger charge is 2.21. The van der Waals surface area contributed by atoms with Gasteiger partial charge in [0.2, 0.25) is 0 Å². The molecule has 0 N–H and O–H groups in total. The highest BCUT2D eigenvalue weighted by atomic mass is 32.1. The summed E-state index contributed by atoms with van der Waals surface area (Å²) in [5.74, 6) is 2.35. The van der Waals surface area contributed by atoms with Crippen molar-refractivity contribution in [2.75, 3.05) is 35.0 Å². The average Bonchev–Trinajstić information content (AvgIpc) is 3.31. The van der Waals surface area contributed by atoms with E-state index in [-0.39, 0.29) is 5.91 Å². The molecule has 0 bridgehead atoms. The van der Waals surface area contributed by atoms with Crippen LogP contribution in [0.3, 0.4) is 0 Å². The van der Waals surface area contributed by atoms with Crippen molar-refractivity contribution in [1.82, 2.24) is 9.88 Å². The Morgan fingerprint density at radius 3 is 2.35 bits per heavy atom. The summed E-state index contributed by atoms with van der Waals surface area (Å²) >= 11 is 1.39. The third-order valence-corrected chi connectivity index (χ3v) is 5.72. The van der Waals surface area contributed by atoms with Gasteiger partial charge in [-0.05, 0) is 36.8 Å². The number of rotatable bonds is 9. The molecule has 0 spiro atoms. The Balaban J connectivity index is 1.84. The van der Waals surface area contributed by atoms with Gasteiger partial charge in [-0.3, -0.25) is 4.79 Å². The van der Waals surface area contributed by atoms with Crippen molar-refractivity contribution >= 4 is 17.2 Å². The van der Waals surface area contributed by atoms with Crippen molar-refractivity contribution < 1.29 is 23.7 Å². The molecule has 1 aromatic heterocycles. The lowest BCUT2D eigenvalue weighted by Gasteiger charge is -2.20. The van der Waals surface area contributed by atoms with Gasteiger partial charge in [0.1, 0.15) is 10.7 Å². The van der Waals surface area contributed by atoms with Gasteiger partial charge in [-0.1, -0.05) is 12.1 Å². The van der Waals surface area contributed by atoms with Crippen molar-refractivity contribution in [3.63, 3.8) is 0 Å². The summed E-state index contributed by atoms with van der Waals surface area (Å²) in [5.41, 5.74) is 2.12. The molecule has 3 rings (SSSR count). The normalized spacial score (nSPS) is 10.5. The van der Waals surface area contributed by atoms with E-state index in [1.165, 1.54) is 11.3 Å². The van der Waals surface area contributed by atoms with E-state index >= 15 is 0 Å². The second kappa shape index (κ2) is 10.2. The van der Waals surface area contributed by atoms with Crippen LogP contribution in [0, 0.1) is 0 Å². The van der Waals surface area contributed by atoms with Crippen LogP contribution in [0.15, 0.2) is 41.8 Å². The van der Waals surface area contributed by atoms with E-state index in [4.69, 9.17) is 18.9 Å². The van der Waals surface area contributed by atoms with Gasteiger partial charge >= 0.3 is 0 Å². The summed E-state index contributed by atoms with van der Waals surface area (Å²) in [7, 11) is 6.36. The predicted octanol–water partition coefficient (Wildman–Crippen LogP) is 4.51. The predicted molar refractivity (Wildman–Crippen MR) is 121 cm³/mol. The quantitative estimate of drug-likeness (QED) is 0.486. The molecule has 3 aromatic rings. The van der Waals surface area contributed by atoms with E-state index < -0.39 is 0 Å². The second-order valence-electron chi connectivity index (χ2n) is 6.59. The van der Waals surface area contributed by atoms with Crippen molar-refractivity contribution in [2.45, 2.75) is 13.5 Å². The molecule has 1 amide bonds. The molecule has 0 atom stereocenters. The fourth-order valence-corrected chi connectivity index (χ4v) is 4.06. The molecule has 0 aliphatic heterocycles. The maximum atomic E-state index is 13.1. The second-order valence-corrected chi connectivity index (χ2v) is 7.45. The van der Waals surface area contributed by atoms with E-state index in [0.717, 1.165) is 11.1 Å². The largest absolute Gasteiger partial charge is 0.493 e. The number of hydrogen-bond donors (Lipinski definition) is 0. The van der Waals surface area contributed by atoms with E-state index in [0.29, 0.717) is 46.8 Å². The number of aromatic nitrogens is 1. The first-order valence-electron chi connectivity index (χ1n) is 9.73. The highest BCUT2D eigenvalue weighted by Crippen LogP contribution is 2.39. The van der Waals surface area contributed by atoms with Gasteiger partial charge in [0.15, 0.2) is 23.0 Å². The molecule has 0 aliphatic rings. The number of nitrogens with zero attached hydrogens (tertiary/aromatic N) is 2. The molecule has 0 unspecified atom stereocenters. The minimum Gasteiger partial charge on any atom is -0.493 e. The van der Waals surface area contributed by atoms with Gasteiger partial charge in [-0.15, -0.1) is 11.3 Å². The Morgan fingerprint density at radius 1 is 0.968 bits per heavy atom. The third-order valence-electron chi connectivity index (χ3n) is 4.85. The minimum absolute atomic E-state index is 0.137. The first-order chi connectivity index (χ1) is 15.1. The number of thiazole rings is 1. The zero-order chi connectivity index (χ0) is 22.4. The maximum Gasteiger partial charge on any atom is 0.273 e. The first kappa shape index (κ1) is 22.4. The molecule has 1 heterocycles. The number of hydrogen-bond acceptors (Lipinski definition) is 7. The molecule has 0 fully saturated rings. The third kappa shape index (κ3) is 4.74. The average molecular weight is 443 g/mol. The van der Waals surface area contributed by atoms with Gasteiger partial charge in [0.05, 0.1) is 34.0 Å². The highest BCUT2D eigenvalue weighted by molar-refractivity contribution is 7.13. The smallest absolute Gasteiger partial charge is 0.273 e. The summed E-state index contributed by atoms with van der Waals surface area (Å²) in [6.45, 7) is 2.92. The standard InChI is InChI=1S/C23H26N2O5S/c1-6-25(13-15-10-11-18(27-2)20(12-15)29-4)23(26)17-14-31-22(24-17)16-8-7-9-19(28-3)21(16)30-5/h7-12,14H,6,13H2,1-5H3. The van der Waals surface area contributed by atoms with Gasteiger partial charge in [-0.25, -0.2) is 4.98 Å². The van der Waals surface area contributed by atoms with Gasteiger partial charge in [-0.2, -0.15) is 0 Å². The Bertz CT molecular complexity index is 1050. The minimum atomic E-state index is -0.137. The number of amides is 1. The summed E-state index contributed by atoms with van der Waals surface area (Å²) in [6.07, 6.45) is 0. The fraction of sp³-hybridized carbons (Fsp3) is 0.304. The van der Waals surface area contributed by atoms with Gasteiger partial charge in [0, 0.05) is 18.5 Å². The van der Waals surface area contributed by atoms with Crippen molar-refractivity contribution in [2.24, 2.45) is 0 Å². The van der Waals surface area contributed by atoms with Gasteiger partial charge in [0.25, 0.3) is 5.91 Å². The van der Waals surface area contributed by atoms with Gasteiger partial charge < -0.3 is 23.8 Å². The topological polar surface area (TPSA) is 70.1 Å². The summed E-state index contributed by atoms with van der Waals surface area (Å²) < 4.78 is 21.5. The number of para-hydroxylation sites is 1. The molecular formula is C23H26N2O5S. The molecule has 0 aliphatic carbocycles.